The van der Waals surface area contributed by atoms with Gasteiger partial charge in [0, 0.05) is 33.9 Å². The number of amides is 1. The number of fused-ring (bicyclic) bond motifs is 3. The van der Waals surface area contributed by atoms with Crippen LogP contribution >= 0.6 is 34.3 Å². The minimum absolute atomic E-state index is 0.000491. The molecule has 3 aromatic rings. The largest absolute Gasteiger partial charge is 0.336 e. The molecule has 0 saturated carbocycles. The Balaban J connectivity index is 1.93. The zero-order valence-corrected chi connectivity index (χ0v) is 15.5. The molecule has 0 radical (unpaired) electrons. The van der Waals surface area contributed by atoms with Gasteiger partial charge in [-0.3, -0.25) is 4.79 Å². The fraction of sp³-hybridized carbons (Fsp3) is 0.294. The van der Waals surface area contributed by atoms with Crippen molar-refractivity contribution in [1.29, 1.82) is 0 Å². The molecule has 0 saturated heterocycles. The molecular weight excluding hydrogens is 362 g/mol. The molecule has 0 aliphatic carbocycles. The number of aryl methyl sites for hydroxylation is 1. The van der Waals surface area contributed by atoms with Crippen LogP contribution in [0.2, 0.25) is 5.02 Å². The highest BCUT2D eigenvalue weighted by Gasteiger charge is 2.26. The number of thiophene rings is 1. The van der Waals surface area contributed by atoms with Gasteiger partial charge in [0.2, 0.25) is 5.91 Å². The van der Waals surface area contributed by atoms with Crippen LogP contribution < -0.4 is 5.73 Å². The minimum atomic E-state index is 0.000491. The summed E-state index contributed by atoms with van der Waals surface area (Å²) < 4.78 is 1.11. The van der Waals surface area contributed by atoms with Crippen LogP contribution in [0.5, 0.6) is 0 Å². The molecule has 7 heteroatoms. The lowest BCUT2D eigenvalue weighted by molar-refractivity contribution is -0.130. The zero-order chi connectivity index (χ0) is 16.8. The van der Waals surface area contributed by atoms with Crippen molar-refractivity contribution in [3.63, 3.8) is 0 Å². The second-order valence-electron chi connectivity index (χ2n) is 5.87. The van der Waals surface area contributed by atoms with E-state index in [1.807, 2.05) is 23.4 Å². The van der Waals surface area contributed by atoms with Crippen molar-refractivity contribution >= 4 is 50.3 Å². The lowest BCUT2D eigenvalue weighted by Gasteiger charge is -2.26. The van der Waals surface area contributed by atoms with Crippen molar-refractivity contribution in [2.45, 2.75) is 19.9 Å². The first-order chi connectivity index (χ1) is 11.6. The van der Waals surface area contributed by atoms with Crippen molar-refractivity contribution in [2.75, 3.05) is 13.1 Å². The van der Waals surface area contributed by atoms with Gasteiger partial charge in [-0.25, -0.2) is 4.98 Å². The van der Waals surface area contributed by atoms with Crippen molar-refractivity contribution in [2.24, 2.45) is 5.73 Å². The van der Waals surface area contributed by atoms with E-state index >= 15 is 0 Å². The van der Waals surface area contributed by atoms with Gasteiger partial charge in [-0.2, -0.15) is 0 Å². The standard InChI is InChI=1S/C17H16ClN3OS2/c1-9-6-11(17-20-3-5-23-17)14-10-2-4-21(13(22)7-19)8-12(10)24-16(14)15(9)18/h3,5-6H,2,4,7-8,19H2,1H3. The molecule has 0 spiro atoms. The highest BCUT2D eigenvalue weighted by molar-refractivity contribution is 7.20. The first kappa shape index (κ1) is 16.0. The van der Waals surface area contributed by atoms with Crippen molar-refractivity contribution in [3.8, 4) is 10.6 Å². The van der Waals surface area contributed by atoms with Gasteiger partial charge in [-0.15, -0.1) is 22.7 Å². The van der Waals surface area contributed by atoms with E-state index in [1.165, 1.54) is 15.8 Å². The lowest BCUT2D eigenvalue weighted by Crippen LogP contribution is -2.39. The monoisotopic (exact) mass is 377 g/mol. The maximum Gasteiger partial charge on any atom is 0.236 e. The van der Waals surface area contributed by atoms with Crippen molar-refractivity contribution < 1.29 is 4.79 Å². The fourth-order valence-corrected chi connectivity index (χ4v) is 5.55. The Morgan fingerprint density at radius 2 is 2.33 bits per heavy atom. The van der Waals surface area contributed by atoms with Gasteiger partial charge < -0.3 is 10.6 Å². The van der Waals surface area contributed by atoms with Crippen LogP contribution in [0.25, 0.3) is 20.7 Å². The number of nitrogens with two attached hydrogens (primary N) is 1. The second-order valence-corrected chi connectivity index (χ2v) is 8.25. The van der Waals surface area contributed by atoms with Crippen LogP contribution in [-0.4, -0.2) is 28.9 Å². The summed E-state index contributed by atoms with van der Waals surface area (Å²) in [5.41, 5.74) is 9.03. The number of hydrogen-bond donors (Lipinski definition) is 1. The molecule has 1 amide bonds. The molecule has 1 aliphatic heterocycles. The third-order valence-electron chi connectivity index (χ3n) is 4.42. The number of nitrogens with zero attached hydrogens (tertiary/aromatic N) is 2. The molecule has 4 nitrogen and oxygen atoms in total. The van der Waals surface area contributed by atoms with Gasteiger partial charge in [0.1, 0.15) is 5.01 Å². The summed E-state index contributed by atoms with van der Waals surface area (Å²) in [5.74, 6) is 0.000491. The average molecular weight is 378 g/mol. The van der Waals surface area contributed by atoms with Gasteiger partial charge in [0.25, 0.3) is 0 Å². The molecule has 0 unspecified atom stereocenters. The van der Waals surface area contributed by atoms with Crippen LogP contribution in [0.4, 0.5) is 0 Å². The smallest absolute Gasteiger partial charge is 0.236 e. The minimum Gasteiger partial charge on any atom is -0.336 e. The van der Waals surface area contributed by atoms with Gasteiger partial charge in [-0.1, -0.05) is 11.6 Å². The number of carbonyl (C=O) groups excluding carboxylic acids is 1. The maximum atomic E-state index is 11.9. The van der Waals surface area contributed by atoms with E-state index in [9.17, 15) is 4.79 Å². The lowest BCUT2D eigenvalue weighted by atomic mass is 9.98. The number of carbonyl (C=O) groups is 1. The predicted molar refractivity (Wildman–Crippen MR) is 101 cm³/mol. The molecule has 2 aromatic heterocycles. The quantitative estimate of drug-likeness (QED) is 0.738. The van der Waals surface area contributed by atoms with Gasteiger partial charge in [0.15, 0.2) is 0 Å². The Morgan fingerprint density at radius 1 is 1.50 bits per heavy atom. The predicted octanol–water partition coefficient (Wildman–Crippen LogP) is 3.83. The highest BCUT2D eigenvalue weighted by atomic mass is 35.5. The number of aromatic nitrogens is 1. The summed E-state index contributed by atoms with van der Waals surface area (Å²) in [6.45, 7) is 3.42. The van der Waals surface area contributed by atoms with E-state index in [0.717, 1.165) is 32.3 Å². The Bertz CT molecular complexity index is 933. The molecule has 0 fully saturated rings. The first-order valence-electron chi connectivity index (χ1n) is 7.71. The normalized spacial score (nSPS) is 14.2. The number of hydrogen-bond acceptors (Lipinski definition) is 5. The van der Waals surface area contributed by atoms with Crippen LogP contribution in [0, 0.1) is 6.92 Å². The Morgan fingerprint density at radius 3 is 3.04 bits per heavy atom. The molecule has 4 rings (SSSR count). The molecule has 1 aliphatic rings. The summed E-state index contributed by atoms with van der Waals surface area (Å²) in [5, 5.41) is 5.02. The van der Waals surface area contributed by atoms with Crippen LogP contribution in [0.1, 0.15) is 16.0 Å². The maximum absolute atomic E-state index is 11.9. The van der Waals surface area contributed by atoms with E-state index < -0.39 is 0 Å². The van der Waals surface area contributed by atoms with Gasteiger partial charge in [-0.05, 0) is 30.5 Å². The molecule has 0 atom stereocenters. The van der Waals surface area contributed by atoms with E-state index in [1.54, 1.807) is 22.7 Å². The number of halogens is 1. The molecular formula is C17H16ClN3OS2. The molecule has 24 heavy (non-hydrogen) atoms. The van der Waals surface area contributed by atoms with E-state index in [2.05, 4.69) is 11.1 Å². The first-order valence-corrected chi connectivity index (χ1v) is 9.78. The van der Waals surface area contributed by atoms with E-state index in [-0.39, 0.29) is 12.5 Å². The van der Waals surface area contributed by atoms with Crippen LogP contribution in [-0.2, 0) is 17.8 Å². The average Bonchev–Trinajstić information content (AvgIpc) is 3.24. The molecule has 1 aromatic carbocycles. The van der Waals surface area contributed by atoms with E-state index in [0.29, 0.717) is 13.1 Å². The fourth-order valence-electron chi connectivity index (χ4n) is 3.24. The summed E-state index contributed by atoms with van der Waals surface area (Å²) in [4.78, 5) is 19.5. The summed E-state index contributed by atoms with van der Waals surface area (Å²) in [7, 11) is 0. The van der Waals surface area contributed by atoms with Crippen LogP contribution in [0.15, 0.2) is 17.6 Å². The highest BCUT2D eigenvalue weighted by Crippen LogP contribution is 2.45. The van der Waals surface area contributed by atoms with E-state index in [4.69, 9.17) is 17.3 Å². The zero-order valence-electron chi connectivity index (χ0n) is 13.1. The Labute approximate surface area is 152 Å². The molecule has 2 N–H and O–H groups in total. The molecule has 124 valence electrons. The third-order valence-corrected chi connectivity index (χ3v) is 7.06. The third kappa shape index (κ3) is 2.45. The summed E-state index contributed by atoms with van der Waals surface area (Å²) in [6, 6.07) is 2.13. The second kappa shape index (κ2) is 6.11. The van der Waals surface area contributed by atoms with Crippen LogP contribution in [0.3, 0.4) is 0 Å². The number of benzene rings is 1. The Kier molecular flexibility index (Phi) is 4.08. The van der Waals surface area contributed by atoms with Crippen molar-refractivity contribution in [3.05, 3.63) is 38.7 Å². The number of thiazole rings is 1. The molecule has 3 heterocycles. The van der Waals surface area contributed by atoms with Gasteiger partial charge in [0.05, 0.1) is 22.8 Å². The topological polar surface area (TPSA) is 59.2 Å². The summed E-state index contributed by atoms with van der Waals surface area (Å²) >= 11 is 9.93. The number of rotatable bonds is 2. The SMILES string of the molecule is Cc1cc(-c2nccs2)c2c3c(sc2c1Cl)CN(C(=O)CN)CC3. The molecule has 0 bridgehead atoms. The van der Waals surface area contributed by atoms with Gasteiger partial charge >= 0.3 is 0 Å². The Hall–Kier alpha value is -1.47. The van der Waals surface area contributed by atoms with Crippen molar-refractivity contribution in [1.82, 2.24) is 9.88 Å². The summed E-state index contributed by atoms with van der Waals surface area (Å²) in [6.07, 6.45) is 2.66.